The monoisotopic (exact) mass is 514 g/mol. The highest BCUT2D eigenvalue weighted by atomic mass is 32.1. The summed E-state index contributed by atoms with van der Waals surface area (Å²) in [6.45, 7) is 5.33. The molecule has 5 rings (SSSR count). The summed E-state index contributed by atoms with van der Waals surface area (Å²) in [6.07, 6.45) is -1.36. The van der Waals surface area contributed by atoms with Gasteiger partial charge in [-0.1, -0.05) is 11.3 Å². The molecule has 0 bridgehead atoms. The number of fused-ring (bicyclic) bond motifs is 1. The van der Waals surface area contributed by atoms with Gasteiger partial charge in [0, 0.05) is 51.6 Å². The van der Waals surface area contributed by atoms with Gasteiger partial charge < -0.3 is 19.3 Å². The number of halogens is 3. The van der Waals surface area contributed by atoms with Gasteiger partial charge in [0.05, 0.1) is 29.1 Å². The van der Waals surface area contributed by atoms with Gasteiger partial charge in [-0.25, -0.2) is 0 Å². The third-order valence-corrected chi connectivity index (χ3v) is 8.21. The minimum atomic E-state index is -4.80. The molecular formula is C22H25F3N4O5S. The summed E-state index contributed by atoms with van der Waals surface area (Å²) in [5.41, 5.74) is -2.84. The number of nitrogens with zero attached hydrogens (tertiary/aromatic N) is 4. The van der Waals surface area contributed by atoms with Crippen LogP contribution < -0.4 is 10.5 Å². The van der Waals surface area contributed by atoms with Crippen molar-refractivity contribution in [2.75, 3.05) is 50.8 Å². The highest BCUT2D eigenvalue weighted by Crippen LogP contribution is 2.39. The molecule has 190 valence electrons. The van der Waals surface area contributed by atoms with Crippen LogP contribution in [0.1, 0.15) is 31.2 Å². The van der Waals surface area contributed by atoms with E-state index in [9.17, 15) is 28.1 Å². The number of rotatable bonds is 4. The van der Waals surface area contributed by atoms with Crippen molar-refractivity contribution in [1.82, 2.24) is 9.88 Å². The highest BCUT2D eigenvalue weighted by Gasteiger charge is 2.40. The molecule has 3 saturated heterocycles. The second kappa shape index (κ2) is 9.26. The van der Waals surface area contributed by atoms with Crippen molar-refractivity contribution in [1.29, 1.82) is 0 Å². The zero-order valence-corrected chi connectivity index (χ0v) is 19.7. The normalized spacial score (nSPS) is 21.7. The summed E-state index contributed by atoms with van der Waals surface area (Å²) in [7, 11) is 0. The predicted octanol–water partition coefficient (Wildman–Crippen LogP) is 3.64. The van der Waals surface area contributed by atoms with Gasteiger partial charge in [0.1, 0.15) is 4.70 Å². The molecule has 4 heterocycles. The van der Waals surface area contributed by atoms with Gasteiger partial charge >= 0.3 is 6.18 Å². The number of hydrogen-bond acceptors (Lipinski definition) is 9. The van der Waals surface area contributed by atoms with Crippen molar-refractivity contribution in [3.63, 3.8) is 0 Å². The fourth-order valence-corrected chi connectivity index (χ4v) is 6.23. The van der Waals surface area contributed by atoms with Crippen molar-refractivity contribution in [3.05, 3.63) is 38.2 Å². The third-order valence-electron chi connectivity index (χ3n) is 7.05. The standard InChI is InChI=1S/C22H25F3N4O5S/c23-22(24,25)15-11-16-18(17(12-15)29(31)32)35-20(26-19(16)30)28-5-1-14(2-6-28)13-27-7-3-21(4-8-27)33-9-10-34-21/h11-12,14H,1-10,13H2. The molecule has 2 aromatic rings. The number of aromatic nitrogens is 1. The molecule has 0 radical (unpaired) electrons. The molecular weight excluding hydrogens is 489 g/mol. The number of nitro groups is 1. The lowest BCUT2D eigenvalue weighted by Crippen LogP contribution is -2.47. The molecule has 0 N–H and O–H groups in total. The quantitative estimate of drug-likeness (QED) is 0.451. The molecule has 1 aromatic carbocycles. The first-order chi connectivity index (χ1) is 16.6. The lowest BCUT2D eigenvalue weighted by Gasteiger charge is -2.40. The van der Waals surface area contributed by atoms with E-state index < -0.39 is 33.7 Å². The average Bonchev–Trinajstić information content (AvgIpc) is 3.28. The molecule has 9 nitrogen and oxygen atoms in total. The molecule has 0 amide bonds. The van der Waals surface area contributed by atoms with E-state index in [1.807, 2.05) is 4.90 Å². The van der Waals surface area contributed by atoms with Crippen LogP contribution in [0.15, 0.2) is 16.9 Å². The highest BCUT2D eigenvalue weighted by molar-refractivity contribution is 7.22. The summed E-state index contributed by atoms with van der Waals surface area (Å²) in [4.78, 5) is 31.5. The summed E-state index contributed by atoms with van der Waals surface area (Å²) in [6, 6.07) is 1.13. The van der Waals surface area contributed by atoms with Gasteiger partial charge in [0.2, 0.25) is 0 Å². The van der Waals surface area contributed by atoms with Crippen molar-refractivity contribution in [2.24, 2.45) is 5.92 Å². The zero-order chi connectivity index (χ0) is 24.8. The van der Waals surface area contributed by atoms with Gasteiger partial charge in [-0.3, -0.25) is 14.9 Å². The molecule has 13 heteroatoms. The second-order valence-electron chi connectivity index (χ2n) is 9.27. The summed E-state index contributed by atoms with van der Waals surface area (Å²) >= 11 is 0.897. The van der Waals surface area contributed by atoms with E-state index >= 15 is 0 Å². The minimum absolute atomic E-state index is 0.0845. The average molecular weight is 515 g/mol. The largest absolute Gasteiger partial charge is 0.416 e. The Kier molecular flexibility index (Phi) is 6.45. The Balaban J connectivity index is 1.27. The fourth-order valence-electron chi connectivity index (χ4n) is 5.11. The van der Waals surface area contributed by atoms with Crippen LogP contribution in [0.3, 0.4) is 0 Å². The molecule has 3 aliphatic rings. The van der Waals surface area contributed by atoms with Crippen LogP contribution in [-0.2, 0) is 15.7 Å². The van der Waals surface area contributed by atoms with E-state index in [0.717, 1.165) is 56.7 Å². The Morgan fingerprint density at radius 2 is 1.80 bits per heavy atom. The number of hydrogen-bond donors (Lipinski definition) is 0. The maximum absolute atomic E-state index is 13.2. The Morgan fingerprint density at radius 3 is 2.40 bits per heavy atom. The maximum atomic E-state index is 13.2. The first kappa shape index (κ1) is 24.3. The number of benzene rings is 1. The maximum Gasteiger partial charge on any atom is 0.416 e. The minimum Gasteiger partial charge on any atom is -0.348 e. The molecule has 0 atom stereocenters. The van der Waals surface area contributed by atoms with Gasteiger partial charge in [-0.05, 0) is 24.8 Å². The van der Waals surface area contributed by atoms with Crippen molar-refractivity contribution < 1.29 is 27.6 Å². The lowest BCUT2D eigenvalue weighted by molar-refractivity contribution is -0.383. The number of ether oxygens (including phenoxy) is 2. The molecule has 0 aliphatic carbocycles. The fraction of sp³-hybridized carbons (Fsp3) is 0.636. The first-order valence-corrected chi connectivity index (χ1v) is 12.4. The number of non-ortho nitro benzene ring substituents is 1. The van der Waals surface area contributed by atoms with E-state index in [-0.39, 0.29) is 10.1 Å². The van der Waals surface area contributed by atoms with Gasteiger partial charge in [0.25, 0.3) is 11.2 Å². The number of anilines is 1. The van der Waals surface area contributed by atoms with Crippen LogP contribution in [0, 0.1) is 16.0 Å². The van der Waals surface area contributed by atoms with Crippen molar-refractivity contribution in [3.8, 4) is 0 Å². The van der Waals surface area contributed by atoms with E-state index in [1.54, 1.807) is 0 Å². The van der Waals surface area contributed by atoms with Crippen LogP contribution >= 0.6 is 11.3 Å². The molecule has 3 fully saturated rings. The van der Waals surface area contributed by atoms with E-state index in [4.69, 9.17) is 9.47 Å². The lowest BCUT2D eigenvalue weighted by atomic mass is 9.94. The van der Waals surface area contributed by atoms with Crippen molar-refractivity contribution >= 4 is 32.2 Å². The smallest absolute Gasteiger partial charge is 0.348 e. The molecule has 0 saturated carbocycles. The molecule has 0 unspecified atom stereocenters. The summed E-state index contributed by atoms with van der Waals surface area (Å²) in [5, 5.41) is 11.4. The van der Waals surface area contributed by atoms with Crippen LogP contribution in [0.2, 0.25) is 0 Å². The third kappa shape index (κ3) is 4.99. The van der Waals surface area contributed by atoms with Crippen LogP contribution in [0.25, 0.3) is 10.1 Å². The van der Waals surface area contributed by atoms with E-state index in [2.05, 4.69) is 9.88 Å². The predicted molar refractivity (Wildman–Crippen MR) is 123 cm³/mol. The summed E-state index contributed by atoms with van der Waals surface area (Å²) in [5.74, 6) is 0.0641. The molecule has 3 aliphatic heterocycles. The summed E-state index contributed by atoms with van der Waals surface area (Å²) < 4.78 is 51.0. The van der Waals surface area contributed by atoms with Crippen LogP contribution in [0.5, 0.6) is 0 Å². The number of piperidine rings is 2. The van der Waals surface area contributed by atoms with E-state index in [0.29, 0.717) is 49.5 Å². The first-order valence-electron chi connectivity index (χ1n) is 11.6. The Morgan fingerprint density at radius 1 is 1.14 bits per heavy atom. The van der Waals surface area contributed by atoms with Crippen molar-refractivity contribution in [2.45, 2.75) is 37.6 Å². The Hall–Kier alpha value is -2.35. The molecule has 1 aromatic heterocycles. The van der Waals surface area contributed by atoms with Gasteiger partial charge in [-0.2, -0.15) is 18.2 Å². The number of alkyl halides is 3. The number of likely N-dealkylation sites (tertiary alicyclic amines) is 1. The Labute approximate surface area is 202 Å². The van der Waals surface area contributed by atoms with Crippen LogP contribution in [-0.4, -0.2) is 66.5 Å². The van der Waals surface area contributed by atoms with Gasteiger partial charge in [-0.15, -0.1) is 0 Å². The molecule has 1 spiro atoms. The topological polar surface area (TPSA) is 98.0 Å². The van der Waals surface area contributed by atoms with E-state index in [1.165, 1.54) is 0 Å². The Bertz CT molecular complexity index is 1170. The second-order valence-corrected chi connectivity index (χ2v) is 10.2. The SMILES string of the molecule is O=c1nc(N2CCC(CN3CCC4(CC3)OCCO4)CC2)sc2c([N+](=O)[O-])cc(C(F)(F)F)cc12. The van der Waals surface area contributed by atoms with Gasteiger partial charge in [0.15, 0.2) is 10.9 Å². The molecule has 35 heavy (non-hydrogen) atoms. The van der Waals surface area contributed by atoms with Crippen LogP contribution in [0.4, 0.5) is 24.0 Å². The zero-order valence-electron chi connectivity index (χ0n) is 18.9. The number of nitro benzene ring substituents is 1.